The summed E-state index contributed by atoms with van der Waals surface area (Å²) in [5.41, 5.74) is 0. The van der Waals surface area contributed by atoms with E-state index in [0.29, 0.717) is 5.92 Å². The normalized spacial score (nSPS) is 21.0. The van der Waals surface area contributed by atoms with Gasteiger partial charge >= 0.3 is 0 Å². The van der Waals surface area contributed by atoms with Crippen LogP contribution in [0.15, 0.2) is 47.4 Å². The largest absolute Gasteiger partial charge is 0.352 e. The van der Waals surface area contributed by atoms with E-state index in [0.717, 1.165) is 34.3 Å². The summed E-state index contributed by atoms with van der Waals surface area (Å²) in [6.45, 7) is 1.97. The fraction of sp³-hybridized carbons (Fsp3) is 0.450. The van der Waals surface area contributed by atoms with Crippen molar-refractivity contribution in [1.82, 2.24) is 9.62 Å². The fourth-order valence-electron chi connectivity index (χ4n) is 3.58. The van der Waals surface area contributed by atoms with Gasteiger partial charge in [0.05, 0.1) is 11.4 Å². The van der Waals surface area contributed by atoms with Gasteiger partial charge in [-0.15, -0.1) is 0 Å². The maximum atomic E-state index is 12.8. The molecule has 140 valence electrons. The van der Waals surface area contributed by atoms with Gasteiger partial charge in [0.2, 0.25) is 15.9 Å². The van der Waals surface area contributed by atoms with Gasteiger partial charge in [-0.2, -0.15) is 4.31 Å². The van der Waals surface area contributed by atoms with Gasteiger partial charge < -0.3 is 5.32 Å². The molecule has 0 radical (unpaired) electrons. The van der Waals surface area contributed by atoms with Gasteiger partial charge in [-0.05, 0) is 41.7 Å². The molecule has 3 rings (SSSR count). The monoisotopic (exact) mass is 374 g/mol. The molecule has 0 heterocycles. The zero-order valence-electron chi connectivity index (χ0n) is 15.3. The number of benzene rings is 2. The number of fused-ring (bicyclic) bond motifs is 1. The quantitative estimate of drug-likeness (QED) is 0.874. The average Bonchev–Trinajstić information content (AvgIpc) is 2.63. The van der Waals surface area contributed by atoms with Crippen LogP contribution in [0.5, 0.6) is 0 Å². The van der Waals surface area contributed by atoms with Crippen molar-refractivity contribution in [3.63, 3.8) is 0 Å². The Kier molecular flexibility index (Phi) is 5.63. The number of amides is 1. The minimum atomic E-state index is -3.71. The molecular formula is C20H26N2O3S. The van der Waals surface area contributed by atoms with Crippen molar-refractivity contribution in [2.45, 2.75) is 43.5 Å². The maximum absolute atomic E-state index is 12.8. The highest BCUT2D eigenvalue weighted by Gasteiger charge is 2.26. The number of sulfonamides is 1. The highest BCUT2D eigenvalue weighted by molar-refractivity contribution is 7.89. The summed E-state index contributed by atoms with van der Waals surface area (Å²) >= 11 is 0. The van der Waals surface area contributed by atoms with E-state index in [1.165, 1.54) is 13.5 Å². The number of nitrogens with zero attached hydrogens (tertiary/aromatic N) is 1. The third kappa shape index (κ3) is 4.07. The van der Waals surface area contributed by atoms with Gasteiger partial charge in [-0.25, -0.2) is 8.42 Å². The fourth-order valence-corrected chi connectivity index (χ4v) is 4.74. The minimum absolute atomic E-state index is 0.146. The predicted molar refractivity (Wildman–Crippen MR) is 103 cm³/mol. The van der Waals surface area contributed by atoms with E-state index < -0.39 is 10.0 Å². The van der Waals surface area contributed by atoms with Gasteiger partial charge in [0.15, 0.2) is 0 Å². The molecule has 1 aliphatic rings. The van der Waals surface area contributed by atoms with E-state index in [1.807, 2.05) is 24.3 Å². The van der Waals surface area contributed by atoms with Crippen molar-refractivity contribution in [1.29, 1.82) is 0 Å². The molecule has 6 heteroatoms. The highest BCUT2D eigenvalue weighted by Crippen LogP contribution is 2.24. The smallest absolute Gasteiger partial charge is 0.243 e. The zero-order chi connectivity index (χ0) is 18.7. The second-order valence-corrected chi connectivity index (χ2v) is 9.25. The van der Waals surface area contributed by atoms with Crippen LogP contribution in [-0.2, 0) is 14.8 Å². The van der Waals surface area contributed by atoms with Crippen molar-refractivity contribution in [2.75, 3.05) is 13.6 Å². The Morgan fingerprint density at radius 1 is 1.12 bits per heavy atom. The average molecular weight is 375 g/mol. The summed E-state index contributed by atoms with van der Waals surface area (Å²) in [6.07, 6.45) is 4.38. The van der Waals surface area contributed by atoms with Gasteiger partial charge in [0.25, 0.3) is 0 Å². The Hall–Kier alpha value is -1.92. The van der Waals surface area contributed by atoms with E-state index in [9.17, 15) is 13.2 Å². The first-order valence-corrected chi connectivity index (χ1v) is 10.6. The molecule has 2 aromatic carbocycles. The molecule has 5 nitrogen and oxygen atoms in total. The van der Waals surface area contributed by atoms with E-state index in [4.69, 9.17) is 0 Å². The molecule has 0 spiro atoms. The van der Waals surface area contributed by atoms with Gasteiger partial charge in [-0.3, -0.25) is 4.79 Å². The summed E-state index contributed by atoms with van der Waals surface area (Å²) in [4.78, 5) is 12.5. The molecule has 1 N–H and O–H groups in total. The summed E-state index contributed by atoms with van der Waals surface area (Å²) in [6, 6.07) is 12.8. The molecule has 2 aromatic rings. The first-order chi connectivity index (χ1) is 12.4. The maximum Gasteiger partial charge on any atom is 0.243 e. The standard InChI is InChI=1S/C20H26N2O3S/c1-15-7-3-6-10-19(15)21-20(23)14-22(2)26(24,25)18-12-11-16-8-4-5-9-17(16)13-18/h4-5,8-9,11-13,15,19H,3,6-7,10,14H2,1-2H3,(H,21,23)/t15-,19+/m0/s1. The second-order valence-electron chi connectivity index (χ2n) is 7.21. The van der Waals surface area contributed by atoms with Crippen LogP contribution in [0.25, 0.3) is 10.8 Å². The third-order valence-electron chi connectivity index (χ3n) is 5.25. The van der Waals surface area contributed by atoms with Gasteiger partial charge in [0.1, 0.15) is 0 Å². The van der Waals surface area contributed by atoms with Crippen molar-refractivity contribution in [3.05, 3.63) is 42.5 Å². The molecule has 1 fully saturated rings. The molecule has 1 aliphatic carbocycles. The van der Waals surface area contributed by atoms with Crippen molar-refractivity contribution in [2.24, 2.45) is 5.92 Å². The number of rotatable bonds is 5. The predicted octanol–water partition coefficient (Wildman–Crippen LogP) is 3.16. The number of carbonyl (C=O) groups excluding carboxylic acids is 1. The Labute approximate surface area is 155 Å². The van der Waals surface area contributed by atoms with Crippen LogP contribution in [0, 0.1) is 5.92 Å². The SMILES string of the molecule is C[C@H]1CCCC[C@H]1NC(=O)CN(C)S(=O)(=O)c1ccc2ccccc2c1. The van der Waals surface area contributed by atoms with E-state index >= 15 is 0 Å². The summed E-state index contributed by atoms with van der Waals surface area (Å²) in [7, 11) is -2.25. The van der Waals surface area contributed by atoms with Crippen LogP contribution in [0.1, 0.15) is 32.6 Å². The molecule has 0 aliphatic heterocycles. The van der Waals surface area contributed by atoms with Crippen molar-refractivity contribution >= 4 is 26.7 Å². The zero-order valence-corrected chi connectivity index (χ0v) is 16.1. The Balaban J connectivity index is 1.70. The topological polar surface area (TPSA) is 66.5 Å². The first-order valence-electron chi connectivity index (χ1n) is 9.12. The lowest BCUT2D eigenvalue weighted by atomic mass is 9.86. The van der Waals surface area contributed by atoms with E-state index in [2.05, 4.69) is 12.2 Å². The minimum Gasteiger partial charge on any atom is -0.352 e. The van der Waals surface area contributed by atoms with Crippen LogP contribution < -0.4 is 5.32 Å². The molecule has 1 saturated carbocycles. The second kappa shape index (κ2) is 7.76. The molecule has 1 amide bonds. The van der Waals surface area contributed by atoms with Crippen LogP contribution in [0.2, 0.25) is 0 Å². The summed E-state index contributed by atoms with van der Waals surface area (Å²) in [5, 5.41) is 4.86. The molecule has 0 bridgehead atoms. The number of hydrogen-bond acceptors (Lipinski definition) is 3. The molecule has 0 unspecified atom stereocenters. The van der Waals surface area contributed by atoms with E-state index in [-0.39, 0.29) is 23.4 Å². The summed E-state index contributed by atoms with van der Waals surface area (Å²) in [5.74, 6) is 0.200. The third-order valence-corrected chi connectivity index (χ3v) is 7.05. The molecular weight excluding hydrogens is 348 g/mol. The van der Waals surface area contributed by atoms with Crippen molar-refractivity contribution in [3.8, 4) is 0 Å². The Morgan fingerprint density at radius 2 is 1.81 bits per heavy atom. The number of hydrogen-bond donors (Lipinski definition) is 1. The highest BCUT2D eigenvalue weighted by atomic mass is 32.2. The molecule has 0 saturated heterocycles. The van der Waals surface area contributed by atoms with Crippen LogP contribution >= 0.6 is 0 Å². The Morgan fingerprint density at radius 3 is 2.54 bits per heavy atom. The van der Waals surface area contributed by atoms with Crippen LogP contribution in [0.4, 0.5) is 0 Å². The lowest BCUT2D eigenvalue weighted by Gasteiger charge is -2.30. The number of carbonyl (C=O) groups is 1. The van der Waals surface area contributed by atoms with Crippen LogP contribution in [-0.4, -0.2) is 38.3 Å². The van der Waals surface area contributed by atoms with E-state index in [1.54, 1.807) is 18.2 Å². The number of nitrogens with one attached hydrogen (secondary N) is 1. The lowest BCUT2D eigenvalue weighted by Crippen LogP contribution is -2.46. The van der Waals surface area contributed by atoms with Gasteiger partial charge in [-0.1, -0.05) is 50.1 Å². The summed E-state index contributed by atoms with van der Waals surface area (Å²) < 4.78 is 26.8. The Bertz CT molecular complexity index is 895. The first kappa shape index (κ1) is 18.9. The lowest BCUT2D eigenvalue weighted by molar-refractivity contribution is -0.122. The van der Waals surface area contributed by atoms with Crippen molar-refractivity contribution < 1.29 is 13.2 Å². The molecule has 0 aromatic heterocycles. The molecule has 26 heavy (non-hydrogen) atoms. The number of likely N-dealkylation sites (N-methyl/N-ethyl adjacent to an activating group) is 1. The van der Waals surface area contributed by atoms with Gasteiger partial charge in [0, 0.05) is 13.1 Å². The van der Waals surface area contributed by atoms with Crippen LogP contribution in [0.3, 0.4) is 0 Å². The molecule has 2 atom stereocenters.